The molecule has 1 unspecified atom stereocenters. The summed E-state index contributed by atoms with van der Waals surface area (Å²) in [5, 5.41) is 12.1. The molecule has 2 N–H and O–H groups in total. The summed E-state index contributed by atoms with van der Waals surface area (Å²) < 4.78 is 6.91. The number of aliphatic hydroxyl groups excluding tert-OH is 1. The van der Waals surface area contributed by atoms with Gasteiger partial charge in [0.05, 0.1) is 21.9 Å². The lowest BCUT2D eigenvalue weighted by Crippen LogP contribution is -2.26. The van der Waals surface area contributed by atoms with Gasteiger partial charge in [-0.05, 0) is 37.8 Å². The van der Waals surface area contributed by atoms with Crippen LogP contribution in [0.15, 0.2) is 0 Å². The summed E-state index contributed by atoms with van der Waals surface area (Å²) in [5.74, 6) is 0. The van der Waals surface area contributed by atoms with Gasteiger partial charge < -0.3 is 15.2 Å². The number of fused-ring (bicyclic) bond motifs is 1. The molecule has 0 spiro atoms. The molecule has 1 aliphatic rings. The zero-order chi connectivity index (χ0) is 13.7. The Bertz CT molecular complexity index is 412. The van der Waals surface area contributed by atoms with Crippen LogP contribution >= 0.6 is 34.5 Å². The fraction of sp³-hybridized carbons (Fsp3) is 0.692. The van der Waals surface area contributed by atoms with Crippen molar-refractivity contribution in [3.63, 3.8) is 0 Å². The van der Waals surface area contributed by atoms with Gasteiger partial charge in [0.2, 0.25) is 0 Å². The third kappa shape index (κ3) is 4.06. The van der Waals surface area contributed by atoms with E-state index in [1.165, 1.54) is 22.5 Å². The molecule has 1 heterocycles. The Labute approximate surface area is 127 Å². The van der Waals surface area contributed by atoms with Gasteiger partial charge in [-0.25, -0.2) is 0 Å². The molecule has 0 bridgehead atoms. The molecule has 1 aromatic heterocycles. The van der Waals surface area contributed by atoms with Crippen molar-refractivity contribution < 1.29 is 9.84 Å². The van der Waals surface area contributed by atoms with Crippen molar-refractivity contribution in [1.29, 1.82) is 0 Å². The Morgan fingerprint density at radius 2 is 2.16 bits per heavy atom. The van der Waals surface area contributed by atoms with Crippen LogP contribution in [0.1, 0.15) is 36.4 Å². The molecule has 0 fully saturated rings. The maximum Gasteiger partial charge on any atom is 0.0994 e. The van der Waals surface area contributed by atoms with Crippen LogP contribution in [-0.4, -0.2) is 31.5 Å². The molecule has 1 aromatic rings. The highest BCUT2D eigenvalue weighted by Crippen LogP contribution is 2.44. The summed E-state index contributed by atoms with van der Waals surface area (Å²) in [6.45, 7) is 2.06. The Balaban J connectivity index is 1.83. The standard InChI is InChI=1S/C13H19Cl2NO2S/c14-12-9-3-1-4-10(11(9)13(15)19-12)16-5-2-7-18-8-6-17/h10,16-17H,1-8H2. The molecule has 108 valence electrons. The van der Waals surface area contributed by atoms with E-state index in [1.807, 2.05) is 0 Å². The molecule has 0 saturated carbocycles. The van der Waals surface area contributed by atoms with Gasteiger partial charge in [0.25, 0.3) is 0 Å². The minimum atomic E-state index is 0.0857. The van der Waals surface area contributed by atoms with Crippen molar-refractivity contribution in [2.45, 2.75) is 31.7 Å². The fourth-order valence-corrected chi connectivity index (χ4v) is 4.34. The molecule has 1 aliphatic carbocycles. The van der Waals surface area contributed by atoms with E-state index in [9.17, 15) is 0 Å². The predicted octanol–water partition coefficient (Wildman–Crippen LogP) is 3.42. The van der Waals surface area contributed by atoms with Crippen molar-refractivity contribution in [1.82, 2.24) is 5.32 Å². The van der Waals surface area contributed by atoms with Gasteiger partial charge >= 0.3 is 0 Å². The molecule has 3 nitrogen and oxygen atoms in total. The van der Waals surface area contributed by atoms with Gasteiger partial charge in [0, 0.05) is 18.2 Å². The fourth-order valence-electron chi connectivity index (χ4n) is 2.45. The third-order valence-corrected chi connectivity index (χ3v) is 5.03. The smallest absolute Gasteiger partial charge is 0.0994 e. The molecule has 19 heavy (non-hydrogen) atoms. The number of nitrogens with one attached hydrogen (secondary N) is 1. The molecule has 0 aromatic carbocycles. The average molecular weight is 324 g/mol. The van der Waals surface area contributed by atoms with E-state index in [-0.39, 0.29) is 6.61 Å². The largest absolute Gasteiger partial charge is 0.394 e. The number of aliphatic hydroxyl groups is 1. The van der Waals surface area contributed by atoms with Gasteiger partial charge in [-0.15, -0.1) is 11.3 Å². The highest BCUT2D eigenvalue weighted by atomic mass is 35.5. The minimum absolute atomic E-state index is 0.0857. The van der Waals surface area contributed by atoms with Gasteiger partial charge in [-0.2, -0.15) is 0 Å². The molecular formula is C13H19Cl2NO2S. The Hall–Kier alpha value is 0.160. The van der Waals surface area contributed by atoms with Crippen LogP contribution in [0.25, 0.3) is 0 Å². The highest BCUT2D eigenvalue weighted by Gasteiger charge is 2.26. The maximum absolute atomic E-state index is 8.60. The van der Waals surface area contributed by atoms with Crippen LogP contribution in [0.4, 0.5) is 0 Å². The molecule has 0 radical (unpaired) electrons. The van der Waals surface area contributed by atoms with Crippen LogP contribution in [-0.2, 0) is 11.2 Å². The zero-order valence-corrected chi connectivity index (χ0v) is 13.1. The van der Waals surface area contributed by atoms with E-state index in [1.54, 1.807) is 0 Å². The van der Waals surface area contributed by atoms with E-state index in [0.29, 0.717) is 19.3 Å². The van der Waals surface area contributed by atoms with Crippen molar-refractivity contribution in [3.8, 4) is 0 Å². The van der Waals surface area contributed by atoms with Gasteiger partial charge in [0.15, 0.2) is 0 Å². The van der Waals surface area contributed by atoms with Crippen LogP contribution < -0.4 is 5.32 Å². The lowest BCUT2D eigenvalue weighted by molar-refractivity contribution is 0.0903. The van der Waals surface area contributed by atoms with E-state index in [2.05, 4.69) is 5.32 Å². The molecule has 6 heteroatoms. The van der Waals surface area contributed by atoms with Crippen LogP contribution in [0.2, 0.25) is 8.67 Å². The van der Waals surface area contributed by atoms with Gasteiger partial charge in [-0.1, -0.05) is 23.2 Å². The minimum Gasteiger partial charge on any atom is -0.394 e. The van der Waals surface area contributed by atoms with Crippen LogP contribution in [0.3, 0.4) is 0 Å². The normalized spacial score (nSPS) is 18.6. The first-order valence-corrected chi connectivity index (χ1v) is 8.19. The van der Waals surface area contributed by atoms with Crippen LogP contribution in [0.5, 0.6) is 0 Å². The first kappa shape index (κ1) is 15.5. The molecular weight excluding hydrogens is 305 g/mol. The predicted molar refractivity (Wildman–Crippen MR) is 80.5 cm³/mol. The van der Waals surface area contributed by atoms with Crippen molar-refractivity contribution >= 4 is 34.5 Å². The Morgan fingerprint density at radius 1 is 1.32 bits per heavy atom. The second kappa shape index (κ2) is 7.81. The zero-order valence-electron chi connectivity index (χ0n) is 10.8. The van der Waals surface area contributed by atoms with Gasteiger partial charge in [-0.3, -0.25) is 0 Å². The number of hydrogen-bond donors (Lipinski definition) is 2. The number of ether oxygens (including phenoxy) is 1. The summed E-state index contributed by atoms with van der Waals surface area (Å²) in [4.78, 5) is 0. The number of thiophene rings is 1. The summed E-state index contributed by atoms with van der Waals surface area (Å²) in [7, 11) is 0. The maximum atomic E-state index is 8.60. The van der Waals surface area contributed by atoms with E-state index >= 15 is 0 Å². The van der Waals surface area contributed by atoms with Crippen LogP contribution in [0, 0.1) is 0 Å². The summed E-state index contributed by atoms with van der Waals surface area (Å²) in [5.41, 5.74) is 2.44. The highest BCUT2D eigenvalue weighted by molar-refractivity contribution is 7.20. The monoisotopic (exact) mass is 323 g/mol. The lowest BCUT2D eigenvalue weighted by Gasteiger charge is -2.24. The number of hydrogen-bond acceptors (Lipinski definition) is 4. The number of rotatable bonds is 7. The second-order valence-corrected chi connectivity index (χ2v) is 6.85. The van der Waals surface area contributed by atoms with Crippen molar-refractivity contribution in [3.05, 3.63) is 19.8 Å². The summed E-state index contributed by atoms with van der Waals surface area (Å²) in [6.07, 6.45) is 4.23. The molecule has 0 saturated heterocycles. The first-order chi connectivity index (χ1) is 9.24. The van der Waals surface area contributed by atoms with E-state index in [0.717, 1.165) is 40.9 Å². The topological polar surface area (TPSA) is 41.5 Å². The molecule has 0 amide bonds. The lowest BCUT2D eigenvalue weighted by atomic mass is 9.91. The SMILES string of the molecule is OCCOCCCNC1CCCc2c(Cl)sc(Cl)c21. The van der Waals surface area contributed by atoms with E-state index in [4.69, 9.17) is 33.0 Å². The Morgan fingerprint density at radius 3 is 2.95 bits per heavy atom. The summed E-state index contributed by atoms with van der Waals surface area (Å²) in [6, 6.07) is 0.317. The van der Waals surface area contributed by atoms with E-state index < -0.39 is 0 Å². The average Bonchev–Trinajstić information content (AvgIpc) is 2.70. The molecule has 0 aliphatic heterocycles. The molecule has 2 rings (SSSR count). The number of halogens is 2. The van der Waals surface area contributed by atoms with Crippen molar-refractivity contribution in [2.24, 2.45) is 0 Å². The third-order valence-electron chi connectivity index (χ3n) is 3.31. The first-order valence-electron chi connectivity index (χ1n) is 6.62. The Kier molecular flexibility index (Phi) is 6.39. The quantitative estimate of drug-likeness (QED) is 0.755. The molecule has 1 atom stereocenters. The second-order valence-electron chi connectivity index (χ2n) is 4.63. The van der Waals surface area contributed by atoms with Gasteiger partial charge in [0.1, 0.15) is 0 Å². The summed E-state index contributed by atoms with van der Waals surface area (Å²) >= 11 is 14.0. The van der Waals surface area contributed by atoms with Crippen molar-refractivity contribution in [2.75, 3.05) is 26.4 Å².